The Hall–Kier alpha value is -2.16. The van der Waals surface area contributed by atoms with Gasteiger partial charge in [-0.1, -0.05) is 0 Å². The summed E-state index contributed by atoms with van der Waals surface area (Å²) in [6.45, 7) is 0.891. The number of aromatic nitrogens is 1. The summed E-state index contributed by atoms with van der Waals surface area (Å²) in [5.74, 6) is -0.0201. The number of amides is 4. The molecule has 2 fully saturated rings. The summed E-state index contributed by atoms with van der Waals surface area (Å²) in [6, 6.07) is -0.520. The van der Waals surface area contributed by atoms with Gasteiger partial charge in [0.25, 0.3) is 0 Å². The maximum atomic E-state index is 11.9. The van der Waals surface area contributed by atoms with Crippen molar-refractivity contribution in [3.8, 4) is 0 Å². The van der Waals surface area contributed by atoms with Gasteiger partial charge in [-0.2, -0.15) is 0 Å². The van der Waals surface area contributed by atoms with E-state index < -0.39 is 6.03 Å². The standard InChI is InChI=1S/C13H17N5O3S/c14-12(21)18-4-9(5-18)15-10(19)3-8-6-22-13(16-8)17-11(20)7-1-2-7/h6-7,9H,1-5H2,(H2,14,21)(H,15,19)(H,16,17,20). The van der Waals surface area contributed by atoms with Crippen molar-refractivity contribution >= 4 is 34.3 Å². The van der Waals surface area contributed by atoms with Crippen molar-refractivity contribution in [2.45, 2.75) is 25.3 Å². The van der Waals surface area contributed by atoms with Crippen LogP contribution in [0.5, 0.6) is 0 Å². The first-order valence-corrected chi connectivity index (χ1v) is 7.98. The Bertz CT molecular complexity index is 607. The number of carbonyl (C=O) groups is 3. The Balaban J connectivity index is 1.43. The van der Waals surface area contributed by atoms with Crippen LogP contribution in [0.25, 0.3) is 0 Å². The lowest BCUT2D eigenvalue weighted by Gasteiger charge is -2.38. The first kappa shape index (κ1) is 14.8. The van der Waals surface area contributed by atoms with Gasteiger partial charge in [0.15, 0.2) is 5.13 Å². The van der Waals surface area contributed by atoms with Crippen LogP contribution >= 0.6 is 11.3 Å². The molecule has 0 bridgehead atoms. The summed E-state index contributed by atoms with van der Waals surface area (Å²) in [5, 5.41) is 7.87. The maximum absolute atomic E-state index is 11.9. The van der Waals surface area contributed by atoms with Gasteiger partial charge in [-0.25, -0.2) is 9.78 Å². The van der Waals surface area contributed by atoms with Crippen molar-refractivity contribution in [3.63, 3.8) is 0 Å². The van der Waals surface area contributed by atoms with E-state index in [1.807, 2.05) is 0 Å². The molecule has 9 heteroatoms. The minimum atomic E-state index is -0.471. The van der Waals surface area contributed by atoms with Crippen molar-refractivity contribution in [1.29, 1.82) is 0 Å². The minimum Gasteiger partial charge on any atom is -0.351 e. The van der Waals surface area contributed by atoms with Gasteiger partial charge in [-0.15, -0.1) is 11.3 Å². The van der Waals surface area contributed by atoms with E-state index in [0.717, 1.165) is 12.8 Å². The van der Waals surface area contributed by atoms with Crippen LogP contribution in [0.2, 0.25) is 0 Å². The Kier molecular flexibility index (Phi) is 3.97. The zero-order chi connectivity index (χ0) is 15.7. The number of thiazole rings is 1. The number of primary amides is 1. The highest BCUT2D eigenvalue weighted by Gasteiger charge is 2.31. The van der Waals surface area contributed by atoms with Gasteiger partial charge in [-0.05, 0) is 12.8 Å². The minimum absolute atomic E-state index is 0.00589. The number of rotatable bonds is 5. The molecule has 22 heavy (non-hydrogen) atoms. The third-order valence-corrected chi connectivity index (χ3v) is 4.44. The third kappa shape index (κ3) is 3.53. The molecule has 0 spiro atoms. The van der Waals surface area contributed by atoms with Crippen molar-refractivity contribution in [2.75, 3.05) is 18.4 Å². The van der Waals surface area contributed by atoms with Gasteiger partial charge in [0.2, 0.25) is 11.8 Å². The van der Waals surface area contributed by atoms with Crippen molar-refractivity contribution in [1.82, 2.24) is 15.2 Å². The molecular formula is C13H17N5O3S. The summed E-state index contributed by atoms with van der Waals surface area (Å²) >= 11 is 1.32. The van der Waals surface area contributed by atoms with Crippen LogP contribution < -0.4 is 16.4 Å². The molecule has 2 heterocycles. The molecule has 1 saturated heterocycles. The topological polar surface area (TPSA) is 117 Å². The van der Waals surface area contributed by atoms with Gasteiger partial charge in [0, 0.05) is 24.4 Å². The quantitative estimate of drug-likeness (QED) is 0.702. The number of urea groups is 1. The zero-order valence-electron chi connectivity index (χ0n) is 11.9. The largest absolute Gasteiger partial charge is 0.351 e. The first-order valence-electron chi connectivity index (χ1n) is 7.10. The van der Waals surface area contributed by atoms with E-state index in [1.54, 1.807) is 5.38 Å². The average molecular weight is 323 g/mol. The number of nitrogens with one attached hydrogen (secondary N) is 2. The molecular weight excluding hydrogens is 306 g/mol. The second-order valence-electron chi connectivity index (χ2n) is 5.59. The fourth-order valence-electron chi connectivity index (χ4n) is 2.19. The molecule has 1 saturated carbocycles. The van der Waals surface area contributed by atoms with E-state index in [2.05, 4.69) is 15.6 Å². The second kappa shape index (κ2) is 5.91. The first-order chi connectivity index (χ1) is 10.5. The van der Waals surface area contributed by atoms with Crippen molar-refractivity contribution in [2.24, 2.45) is 11.7 Å². The lowest BCUT2D eigenvalue weighted by molar-refractivity contribution is -0.122. The molecule has 0 aromatic carbocycles. The van der Waals surface area contributed by atoms with Crippen LogP contribution in [0.1, 0.15) is 18.5 Å². The zero-order valence-corrected chi connectivity index (χ0v) is 12.7. The maximum Gasteiger partial charge on any atom is 0.314 e. The Morgan fingerprint density at radius 1 is 1.36 bits per heavy atom. The van der Waals surface area contributed by atoms with Crippen molar-refractivity contribution in [3.05, 3.63) is 11.1 Å². The van der Waals surface area contributed by atoms with Gasteiger partial charge in [-0.3, -0.25) is 9.59 Å². The summed E-state index contributed by atoms with van der Waals surface area (Å²) in [6.07, 6.45) is 2.04. The highest BCUT2D eigenvalue weighted by Crippen LogP contribution is 2.30. The average Bonchev–Trinajstić information content (AvgIpc) is 3.16. The molecule has 1 aliphatic carbocycles. The molecule has 0 unspecified atom stereocenters. The Morgan fingerprint density at radius 3 is 2.73 bits per heavy atom. The molecule has 1 aromatic rings. The molecule has 1 aromatic heterocycles. The summed E-state index contributed by atoms with van der Waals surface area (Å²) in [4.78, 5) is 40.0. The van der Waals surface area contributed by atoms with E-state index in [-0.39, 0.29) is 30.2 Å². The molecule has 0 atom stereocenters. The lowest BCUT2D eigenvalue weighted by atomic mass is 10.1. The van der Waals surface area contributed by atoms with Crippen molar-refractivity contribution < 1.29 is 14.4 Å². The SMILES string of the molecule is NC(=O)N1CC(NC(=O)Cc2csc(NC(=O)C3CC3)n2)C1. The number of nitrogens with zero attached hydrogens (tertiary/aromatic N) is 2. The van der Waals surface area contributed by atoms with Crippen LogP contribution in [-0.2, 0) is 16.0 Å². The summed E-state index contributed by atoms with van der Waals surface area (Å²) in [7, 11) is 0. The fraction of sp³-hybridized carbons (Fsp3) is 0.538. The molecule has 4 N–H and O–H groups in total. The van der Waals surface area contributed by atoms with Crippen LogP contribution in [0.15, 0.2) is 5.38 Å². The monoisotopic (exact) mass is 323 g/mol. The highest BCUT2D eigenvalue weighted by atomic mass is 32.1. The van der Waals surface area contributed by atoms with Gasteiger partial charge in [0.05, 0.1) is 18.2 Å². The number of carbonyl (C=O) groups excluding carboxylic acids is 3. The molecule has 2 aliphatic rings. The van der Waals surface area contributed by atoms with Gasteiger partial charge < -0.3 is 21.3 Å². The lowest BCUT2D eigenvalue weighted by Crippen LogP contribution is -2.62. The molecule has 8 nitrogen and oxygen atoms in total. The van der Waals surface area contributed by atoms with E-state index in [9.17, 15) is 14.4 Å². The third-order valence-electron chi connectivity index (χ3n) is 3.63. The predicted octanol–water partition coefficient (Wildman–Crippen LogP) is -0.0868. The van der Waals surface area contributed by atoms with E-state index >= 15 is 0 Å². The molecule has 3 rings (SSSR count). The number of hydrogen-bond donors (Lipinski definition) is 3. The fourth-order valence-corrected chi connectivity index (χ4v) is 2.90. The number of likely N-dealkylation sites (tertiary alicyclic amines) is 1. The Labute approximate surface area is 131 Å². The van der Waals surface area contributed by atoms with E-state index in [0.29, 0.717) is 23.9 Å². The summed E-state index contributed by atoms with van der Waals surface area (Å²) < 4.78 is 0. The summed E-state index contributed by atoms with van der Waals surface area (Å²) in [5.41, 5.74) is 5.74. The molecule has 4 amide bonds. The normalized spacial score (nSPS) is 17.7. The smallest absolute Gasteiger partial charge is 0.314 e. The molecule has 118 valence electrons. The second-order valence-corrected chi connectivity index (χ2v) is 6.45. The van der Waals surface area contributed by atoms with E-state index in [4.69, 9.17) is 5.73 Å². The van der Waals surface area contributed by atoms with Crippen LogP contribution in [0, 0.1) is 5.92 Å². The number of anilines is 1. The van der Waals surface area contributed by atoms with Crippen LogP contribution in [-0.4, -0.2) is 46.9 Å². The highest BCUT2D eigenvalue weighted by molar-refractivity contribution is 7.13. The number of hydrogen-bond acceptors (Lipinski definition) is 5. The van der Waals surface area contributed by atoms with Gasteiger partial charge in [0.1, 0.15) is 0 Å². The molecule has 1 aliphatic heterocycles. The van der Waals surface area contributed by atoms with Gasteiger partial charge >= 0.3 is 6.03 Å². The van der Waals surface area contributed by atoms with Crippen LogP contribution in [0.3, 0.4) is 0 Å². The molecule has 0 radical (unpaired) electrons. The Morgan fingerprint density at radius 2 is 2.09 bits per heavy atom. The predicted molar refractivity (Wildman–Crippen MR) is 80.3 cm³/mol. The van der Waals surface area contributed by atoms with Crippen LogP contribution in [0.4, 0.5) is 9.93 Å². The van der Waals surface area contributed by atoms with E-state index in [1.165, 1.54) is 16.2 Å². The number of nitrogens with two attached hydrogens (primary N) is 1.